The summed E-state index contributed by atoms with van der Waals surface area (Å²) in [5.41, 5.74) is 0.649. The third kappa shape index (κ3) is 4.86. The quantitative estimate of drug-likeness (QED) is 0.586. The number of nitrogens with two attached hydrogens (primary N) is 1. The van der Waals surface area contributed by atoms with Crippen LogP contribution >= 0.6 is 0 Å². The molecule has 1 rings (SSSR count). The van der Waals surface area contributed by atoms with Gasteiger partial charge in [-0.1, -0.05) is 12.1 Å². The first-order valence-corrected chi connectivity index (χ1v) is 7.13. The molecule has 0 saturated heterocycles. The van der Waals surface area contributed by atoms with Crippen LogP contribution in [0, 0.1) is 0 Å². The van der Waals surface area contributed by atoms with E-state index in [1.807, 2.05) is 0 Å². The number of aliphatic carboxylic acids is 1. The average molecular weight is 301 g/mol. The predicted molar refractivity (Wildman–Crippen MR) is 70.3 cm³/mol. The molecule has 110 valence electrons. The zero-order valence-corrected chi connectivity index (χ0v) is 11.5. The van der Waals surface area contributed by atoms with Crippen molar-refractivity contribution in [2.45, 2.75) is 24.4 Å². The number of carboxylic acids is 1. The van der Waals surface area contributed by atoms with Gasteiger partial charge in [0, 0.05) is 6.54 Å². The molecule has 2 amide bonds. The van der Waals surface area contributed by atoms with E-state index >= 15 is 0 Å². The van der Waals surface area contributed by atoms with Gasteiger partial charge >= 0.3 is 12.0 Å². The lowest BCUT2D eigenvalue weighted by Gasteiger charge is -2.10. The Kier molecular flexibility index (Phi) is 5.06. The molecule has 9 heteroatoms. The third-order valence-electron chi connectivity index (χ3n) is 2.42. The van der Waals surface area contributed by atoms with Crippen molar-refractivity contribution in [3.63, 3.8) is 0 Å². The number of sulfonamides is 1. The van der Waals surface area contributed by atoms with Crippen molar-refractivity contribution in [1.82, 2.24) is 10.6 Å². The average Bonchev–Trinajstić information content (AvgIpc) is 2.35. The van der Waals surface area contributed by atoms with Gasteiger partial charge < -0.3 is 15.7 Å². The molecule has 5 N–H and O–H groups in total. The molecule has 8 nitrogen and oxygen atoms in total. The smallest absolute Gasteiger partial charge is 0.325 e. The highest BCUT2D eigenvalue weighted by Crippen LogP contribution is 2.08. The maximum Gasteiger partial charge on any atom is 0.325 e. The van der Waals surface area contributed by atoms with Gasteiger partial charge in [0.2, 0.25) is 10.0 Å². The molecule has 20 heavy (non-hydrogen) atoms. The van der Waals surface area contributed by atoms with Crippen LogP contribution < -0.4 is 15.8 Å². The van der Waals surface area contributed by atoms with Crippen LogP contribution in [-0.2, 0) is 21.4 Å². The van der Waals surface area contributed by atoms with Gasteiger partial charge in [-0.15, -0.1) is 0 Å². The van der Waals surface area contributed by atoms with Gasteiger partial charge in [-0.25, -0.2) is 18.4 Å². The maximum absolute atomic E-state index is 11.4. The van der Waals surface area contributed by atoms with Crippen molar-refractivity contribution in [2.24, 2.45) is 5.14 Å². The maximum atomic E-state index is 11.4. The minimum Gasteiger partial charge on any atom is -0.480 e. The van der Waals surface area contributed by atoms with Gasteiger partial charge in [0.1, 0.15) is 6.04 Å². The Balaban J connectivity index is 2.54. The zero-order valence-electron chi connectivity index (χ0n) is 10.7. The summed E-state index contributed by atoms with van der Waals surface area (Å²) in [4.78, 5) is 21.9. The topological polar surface area (TPSA) is 139 Å². The van der Waals surface area contributed by atoms with Crippen molar-refractivity contribution in [3.8, 4) is 0 Å². The summed E-state index contributed by atoms with van der Waals surface area (Å²) in [6.45, 7) is 1.46. The molecule has 0 spiro atoms. The molecule has 0 radical (unpaired) electrons. The van der Waals surface area contributed by atoms with Gasteiger partial charge in [-0.3, -0.25) is 4.79 Å². The molecule has 1 aromatic rings. The van der Waals surface area contributed by atoms with E-state index in [0.717, 1.165) is 0 Å². The van der Waals surface area contributed by atoms with Gasteiger partial charge in [-0.05, 0) is 24.6 Å². The van der Waals surface area contributed by atoms with E-state index in [9.17, 15) is 18.0 Å². The molecule has 0 aliphatic heterocycles. The Morgan fingerprint density at radius 2 is 1.85 bits per heavy atom. The van der Waals surface area contributed by atoms with E-state index in [0.29, 0.717) is 5.56 Å². The van der Waals surface area contributed by atoms with Gasteiger partial charge in [0.05, 0.1) is 4.90 Å². The second kappa shape index (κ2) is 6.35. The molecule has 0 aliphatic rings. The number of carbonyl (C=O) groups excluding carboxylic acids is 1. The van der Waals surface area contributed by atoms with Crippen molar-refractivity contribution >= 4 is 22.0 Å². The Hall–Kier alpha value is -2.13. The van der Waals surface area contributed by atoms with Crippen molar-refractivity contribution < 1.29 is 23.1 Å². The second-order valence-corrected chi connectivity index (χ2v) is 5.64. The zero-order chi connectivity index (χ0) is 15.3. The Bertz CT molecular complexity index is 597. The summed E-state index contributed by atoms with van der Waals surface area (Å²) < 4.78 is 22.1. The minimum absolute atomic E-state index is 0.0230. The van der Waals surface area contributed by atoms with Crippen molar-refractivity contribution in [1.29, 1.82) is 0 Å². The molecular formula is C11H15N3O5S. The lowest BCUT2D eigenvalue weighted by Crippen LogP contribution is -2.44. The standard InChI is InChI=1S/C11H15N3O5S/c1-7(10(15)16)14-11(17)13-6-8-2-4-9(5-3-8)20(12,18)19/h2-5,7H,6H2,1H3,(H,15,16)(H2,12,18,19)(H2,13,14,17). The molecule has 1 unspecified atom stereocenters. The summed E-state index contributed by atoms with van der Waals surface area (Å²) in [7, 11) is -3.74. The van der Waals surface area contributed by atoms with E-state index in [4.69, 9.17) is 10.2 Å². The lowest BCUT2D eigenvalue weighted by atomic mass is 10.2. The van der Waals surface area contributed by atoms with Crippen LogP contribution in [0.5, 0.6) is 0 Å². The molecular weight excluding hydrogens is 286 g/mol. The molecule has 0 bridgehead atoms. The van der Waals surface area contributed by atoms with Crippen LogP contribution in [0.4, 0.5) is 4.79 Å². The van der Waals surface area contributed by atoms with E-state index < -0.39 is 28.1 Å². The van der Waals surface area contributed by atoms with E-state index in [2.05, 4.69) is 10.6 Å². The first-order chi connectivity index (χ1) is 9.20. The number of hydrogen-bond acceptors (Lipinski definition) is 4. The van der Waals surface area contributed by atoms with Crippen LogP contribution in [0.1, 0.15) is 12.5 Å². The molecule has 1 atom stereocenters. The molecule has 0 aromatic heterocycles. The third-order valence-corrected chi connectivity index (χ3v) is 3.35. The number of benzene rings is 1. The summed E-state index contributed by atoms with van der Waals surface area (Å²) in [6, 6.07) is 4.02. The largest absolute Gasteiger partial charge is 0.480 e. The molecule has 0 heterocycles. The van der Waals surface area contributed by atoms with E-state index in [1.165, 1.54) is 31.2 Å². The Labute approximate surface area is 116 Å². The van der Waals surface area contributed by atoms with E-state index in [1.54, 1.807) is 0 Å². The number of urea groups is 1. The molecule has 0 fully saturated rings. The summed E-state index contributed by atoms with van der Waals surface area (Å²) in [5, 5.41) is 18.2. The number of hydrogen-bond donors (Lipinski definition) is 4. The summed E-state index contributed by atoms with van der Waals surface area (Å²) in [5.74, 6) is -1.14. The molecule has 0 saturated carbocycles. The van der Waals surface area contributed by atoms with Gasteiger partial charge in [0.25, 0.3) is 0 Å². The first-order valence-electron chi connectivity index (χ1n) is 5.59. The highest BCUT2D eigenvalue weighted by Gasteiger charge is 2.13. The minimum atomic E-state index is -3.74. The van der Waals surface area contributed by atoms with E-state index in [-0.39, 0.29) is 11.4 Å². The number of nitrogens with one attached hydrogen (secondary N) is 2. The lowest BCUT2D eigenvalue weighted by molar-refractivity contribution is -0.138. The molecule has 1 aromatic carbocycles. The fourth-order valence-electron chi connectivity index (χ4n) is 1.29. The van der Waals surface area contributed by atoms with Gasteiger partial charge in [-0.2, -0.15) is 0 Å². The summed E-state index contributed by atoms with van der Waals surface area (Å²) in [6.07, 6.45) is 0. The van der Waals surface area contributed by atoms with Crippen LogP contribution in [0.3, 0.4) is 0 Å². The number of carboxylic acid groups (broad SMARTS) is 1. The van der Waals surface area contributed by atoms with Crippen LogP contribution in [0.2, 0.25) is 0 Å². The fraction of sp³-hybridized carbons (Fsp3) is 0.273. The highest BCUT2D eigenvalue weighted by atomic mass is 32.2. The first kappa shape index (κ1) is 15.9. The monoisotopic (exact) mass is 301 g/mol. The molecule has 0 aliphatic carbocycles. The highest BCUT2D eigenvalue weighted by molar-refractivity contribution is 7.89. The van der Waals surface area contributed by atoms with Crippen LogP contribution in [0.25, 0.3) is 0 Å². The normalized spacial score (nSPS) is 12.5. The van der Waals surface area contributed by atoms with Crippen LogP contribution in [0.15, 0.2) is 29.2 Å². The number of carbonyl (C=O) groups is 2. The number of rotatable bonds is 5. The SMILES string of the molecule is CC(NC(=O)NCc1ccc(S(N)(=O)=O)cc1)C(=O)O. The van der Waals surface area contributed by atoms with Crippen molar-refractivity contribution in [3.05, 3.63) is 29.8 Å². The number of amides is 2. The van der Waals surface area contributed by atoms with Crippen molar-refractivity contribution in [2.75, 3.05) is 0 Å². The van der Waals surface area contributed by atoms with Gasteiger partial charge in [0.15, 0.2) is 0 Å². The Morgan fingerprint density at radius 1 is 1.30 bits per heavy atom. The Morgan fingerprint density at radius 3 is 2.30 bits per heavy atom. The second-order valence-electron chi connectivity index (χ2n) is 4.08. The number of primary sulfonamides is 1. The predicted octanol–water partition coefficient (Wildman–Crippen LogP) is -0.394. The van der Waals surface area contributed by atoms with Crippen LogP contribution in [-0.4, -0.2) is 31.6 Å². The fourth-order valence-corrected chi connectivity index (χ4v) is 1.80. The summed E-state index contributed by atoms with van der Waals surface area (Å²) >= 11 is 0.